The maximum absolute atomic E-state index is 12.3. The first-order valence-electron chi connectivity index (χ1n) is 7.13. The third kappa shape index (κ3) is 4.28. The molecule has 116 valence electrons. The molecule has 6 heteroatoms. The molecule has 1 heterocycles. The Morgan fingerprint density at radius 2 is 2.05 bits per heavy atom. The van der Waals surface area contributed by atoms with Crippen LogP contribution in [0.1, 0.15) is 24.9 Å². The second-order valence-corrected chi connectivity index (χ2v) is 7.79. The van der Waals surface area contributed by atoms with Crippen LogP contribution in [0.4, 0.5) is 0 Å². The van der Waals surface area contributed by atoms with E-state index in [1.54, 1.807) is 11.9 Å². The molecule has 0 bridgehead atoms. The summed E-state index contributed by atoms with van der Waals surface area (Å²) in [6.45, 7) is 2.40. The SMILES string of the molecule is CC(c1ccccc1)N(C)C(=O)CC1CS(=O)(=O)CCN1. The van der Waals surface area contributed by atoms with Gasteiger partial charge in [-0.1, -0.05) is 30.3 Å². The number of sulfone groups is 1. The highest BCUT2D eigenvalue weighted by Crippen LogP contribution is 2.19. The lowest BCUT2D eigenvalue weighted by molar-refractivity contribution is -0.132. The van der Waals surface area contributed by atoms with Gasteiger partial charge in [0.15, 0.2) is 9.84 Å². The molecule has 1 aliphatic heterocycles. The maximum atomic E-state index is 12.3. The monoisotopic (exact) mass is 310 g/mol. The number of nitrogens with zero attached hydrogens (tertiary/aromatic N) is 1. The Morgan fingerprint density at radius 3 is 2.67 bits per heavy atom. The van der Waals surface area contributed by atoms with Crippen LogP contribution in [0.15, 0.2) is 30.3 Å². The van der Waals surface area contributed by atoms with E-state index in [0.717, 1.165) is 5.56 Å². The molecule has 0 aliphatic carbocycles. The molecule has 1 aromatic rings. The third-order valence-corrected chi connectivity index (χ3v) is 5.71. The molecule has 1 saturated heterocycles. The van der Waals surface area contributed by atoms with Gasteiger partial charge in [-0.3, -0.25) is 4.79 Å². The van der Waals surface area contributed by atoms with Crippen LogP contribution in [0.25, 0.3) is 0 Å². The Labute approximate surface area is 126 Å². The van der Waals surface area contributed by atoms with Crippen molar-refractivity contribution in [2.24, 2.45) is 0 Å². The molecule has 1 aliphatic rings. The molecule has 2 unspecified atom stereocenters. The summed E-state index contributed by atoms with van der Waals surface area (Å²) in [6, 6.07) is 9.49. The minimum atomic E-state index is -3.01. The molecular formula is C15H22N2O3S. The van der Waals surface area contributed by atoms with Crippen molar-refractivity contribution in [3.05, 3.63) is 35.9 Å². The minimum Gasteiger partial charge on any atom is -0.339 e. The number of nitrogens with one attached hydrogen (secondary N) is 1. The van der Waals surface area contributed by atoms with E-state index in [4.69, 9.17) is 0 Å². The largest absolute Gasteiger partial charge is 0.339 e. The highest BCUT2D eigenvalue weighted by molar-refractivity contribution is 7.91. The van der Waals surface area contributed by atoms with Crippen LogP contribution in [-0.4, -0.2) is 50.4 Å². The van der Waals surface area contributed by atoms with Gasteiger partial charge in [-0.2, -0.15) is 0 Å². The summed E-state index contributed by atoms with van der Waals surface area (Å²) in [5.41, 5.74) is 1.07. The first-order chi connectivity index (χ1) is 9.89. The molecule has 0 saturated carbocycles. The standard InChI is InChI=1S/C15H22N2O3S/c1-12(13-6-4-3-5-7-13)17(2)15(18)10-14-11-21(19,20)9-8-16-14/h3-7,12,14,16H,8-11H2,1-2H3. The van der Waals surface area contributed by atoms with Gasteiger partial charge in [-0.15, -0.1) is 0 Å². The number of hydrogen-bond donors (Lipinski definition) is 1. The zero-order valence-corrected chi connectivity index (χ0v) is 13.3. The molecule has 0 aromatic heterocycles. The van der Waals surface area contributed by atoms with E-state index in [-0.39, 0.29) is 35.9 Å². The van der Waals surface area contributed by atoms with E-state index in [1.165, 1.54) is 0 Å². The Bertz CT molecular complexity index is 586. The lowest BCUT2D eigenvalue weighted by Crippen LogP contribution is -2.47. The van der Waals surface area contributed by atoms with Crippen molar-refractivity contribution in [3.8, 4) is 0 Å². The van der Waals surface area contributed by atoms with Gasteiger partial charge in [0.25, 0.3) is 0 Å². The molecule has 1 amide bonds. The molecule has 5 nitrogen and oxygen atoms in total. The Kier molecular flexibility index (Phi) is 5.00. The van der Waals surface area contributed by atoms with E-state index in [1.807, 2.05) is 37.3 Å². The fourth-order valence-corrected chi connectivity index (χ4v) is 3.97. The lowest BCUT2D eigenvalue weighted by Gasteiger charge is -2.29. The summed E-state index contributed by atoms with van der Waals surface area (Å²) in [6.07, 6.45) is 0.215. The number of rotatable bonds is 4. The minimum absolute atomic E-state index is 0.0288. The van der Waals surface area contributed by atoms with Gasteiger partial charge in [-0.05, 0) is 12.5 Å². The van der Waals surface area contributed by atoms with Crippen molar-refractivity contribution in [1.82, 2.24) is 10.2 Å². The molecule has 1 N–H and O–H groups in total. The number of amides is 1. The van der Waals surface area contributed by atoms with Crippen LogP contribution in [0, 0.1) is 0 Å². The third-order valence-electron chi connectivity index (χ3n) is 3.98. The zero-order valence-electron chi connectivity index (χ0n) is 12.5. The fraction of sp³-hybridized carbons (Fsp3) is 0.533. The quantitative estimate of drug-likeness (QED) is 0.900. The molecule has 2 rings (SSSR count). The second kappa shape index (κ2) is 6.58. The molecule has 2 atom stereocenters. The molecule has 1 fully saturated rings. The summed E-state index contributed by atoms with van der Waals surface area (Å²) in [5.74, 6) is 0.168. The fourth-order valence-electron chi connectivity index (χ4n) is 2.52. The van der Waals surface area contributed by atoms with Gasteiger partial charge < -0.3 is 10.2 Å². The van der Waals surface area contributed by atoms with E-state index < -0.39 is 9.84 Å². The smallest absolute Gasteiger partial charge is 0.224 e. The Hall–Kier alpha value is -1.40. The highest BCUT2D eigenvalue weighted by Gasteiger charge is 2.28. The van der Waals surface area contributed by atoms with Crippen molar-refractivity contribution in [2.75, 3.05) is 25.1 Å². The first-order valence-corrected chi connectivity index (χ1v) is 8.95. The first kappa shape index (κ1) is 16.0. The van der Waals surface area contributed by atoms with E-state index in [0.29, 0.717) is 6.54 Å². The summed E-state index contributed by atoms with van der Waals surface area (Å²) in [5, 5.41) is 3.11. The zero-order chi connectivity index (χ0) is 15.5. The van der Waals surface area contributed by atoms with Crippen molar-refractivity contribution < 1.29 is 13.2 Å². The number of benzene rings is 1. The van der Waals surface area contributed by atoms with E-state index in [9.17, 15) is 13.2 Å². The summed E-state index contributed by atoms with van der Waals surface area (Å²) in [4.78, 5) is 14.0. The lowest BCUT2D eigenvalue weighted by atomic mass is 10.1. The molecule has 0 spiro atoms. The van der Waals surface area contributed by atoms with Crippen LogP contribution >= 0.6 is 0 Å². The van der Waals surface area contributed by atoms with Crippen LogP contribution < -0.4 is 5.32 Å². The average molecular weight is 310 g/mol. The summed E-state index contributed by atoms with van der Waals surface area (Å²) >= 11 is 0. The van der Waals surface area contributed by atoms with Crippen LogP contribution in [-0.2, 0) is 14.6 Å². The van der Waals surface area contributed by atoms with Crippen LogP contribution in [0.3, 0.4) is 0 Å². The van der Waals surface area contributed by atoms with Crippen molar-refractivity contribution >= 4 is 15.7 Å². The topological polar surface area (TPSA) is 66.5 Å². The molecule has 21 heavy (non-hydrogen) atoms. The van der Waals surface area contributed by atoms with E-state index >= 15 is 0 Å². The predicted molar refractivity (Wildman–Crippen MR) is 82.7 cm³/mol. The van der Waals surface area contributed by atoms with Gasteiger partial charge in [0.2, 0.25) is 5.91 Å². The number of carbonyl (C=O) groups excluding carboxylic acids is 1. The average Bonchev–Trinajstić information content (AvgIpc) is 2.45. The van der Waals surface area contributed by atoms with E-state index in [2.05, 4.69) is 5.32 Å². The number of hydrogen-bond acceptors (Lipinski definition) is 4. The maximum Gasteiger partial charge on any atom is 0.224 e. The summed E-state index contributed by atoms with van der Waals surface area (Å²) in [7, 11) is -1.25. The van der Waals surface area contributed by atoms with Gasteiger partial charge in [0.1, 0.15) is 0 Å². The highest BCUT2D eigenvalue weighted by atomic mass is 32.2. The molecular weight excluding hydrogens is 288 g/mol. The molecule has 1 aromatic carbocycles. The summed E-state index contributed by atoms with van der Waals surface area (Å²) < 4.78 is 23.2. The Balaban J connectivity index is 1.96. The van der Waals surface area contributed by atoms with Crippen LogP contribution in [0.2, 0.25) is 0 Å². The van der Waals surface area contributed by atoms with Crippen molar-refractivity contribution in [2.45, 2.75) is 25.4 Å². The van der Waals surface area contributed by atoms with Crippen molar-refractivity contribution in [3.63, 3.8) is 0 Å². The normalized spacial score (nSPS) is 22.5. The molecule has 0 radical (unpaired) electrons. The predicted octanol–water partition coefficient (Wildman–Crippen LogP) is 0.983. The second-order valence-electron chi connectivity index (χ2n) is 5.56. The van der Waals surface area contributed by atoms with Gasteiger partial charge in [0, 0.05) is 26.1 Å². The van der Waals surface area contributed by atoms with Crippen molar-refractivity contribution in [1.29, 1.82) is 0 Å². The van der Waals surface area contributed by atoms with Gasteiger partial charge >= 0.3 is 0 Å². The van der Waals surface area contributed by atoms with Gasteiger partial charge in [0.05, 0.1) is 17.5 Å². The van der Waals surface area contributed by atoms with Gasteiger partial charge in [-0.25, -0.2) is 8.42 Å². The van der Waals surface area contributed by atoms with Crippen LogP contribution in [0.5, 0.6) is 0 Å². The Morgan fingerprint density at radius 1 is 1.38 bits per heavy atom. The number of carbonyl (C=O) groups is 1.